The van der Waals surface area contributed by atoms with Crippen LogP contribution in [0, 0.1) is 5.92 Å². The molecule has 3 atom stereocenters. The second-order valence-electron chi connectivity index (χ2n) is 9.82. The minimum atomic E-state index is -0.0435. The van der Waals surface area contributed by atoms with Crippen LogP contribution in [0.1, 0.15) is 56.0 Å². The predicted molar refractivity (Wildman–Crippen MR) is 142 cm³/mol. The van der Waals surface area contributed by atoms with E-state index < -0.39 is 0 Å². The number of H-pyrrole nitrogens is 1. The molecular weight excluding hydrogens is 448 g/mol. The molecule has 6 rings (SSSR count). The Labute approximate surface area is 209 Å². The number of aromatic amines is 1. The third-order valence-electron chi connectivity index (χ3n) is 7.46. The molecule has 7 heteroatoms. The Bertz CT molecular complexity index is 1500. The number of nitrogens with two attached hydrogens (primary N) is 1. The zero-order chi connectivity index (χ0) is 24.6. The molecule has 2 unspecified atom stereocenters. The summed E-state index contributed by atoms with van der Waals surface area (Å²) in [5.74, 6) is 1.63. The summed E-state index contributed by atoms with van der Waals surface area (Å²) in [5.41, 5.74) is 11.1. The second kappa shape index (κ2) is 9.15. The molecule has 2 aromatic carbocycles. The molecule has 3 aromatic heterocycles. The maximum absolute atomic E-state index is 13.2. The highest BCUT2D eigenvalue weighted by molar-refractivity contribution is 5.91. The highest BCUT2D eigenvalue weighted by Crippen LogP contribution is 2.39. The van der Waals surface area contributed by atoms with Gasteiger partial charge in [0, 0.05) is 35.1 Å². The lowest BCUT2D eigenvalue weighted by Crippen LogP contribution is -2.35. The Morgan fingerprint density at radius 3 is 2.78 bits per heavy atom. The van der Waals surface area contributed by atoms with Gasteiger partial charge in [-0.25, -0.2) is 9.97 Å². The van der Waals surface area contributed by atoms with E-state index in [9.17, 15) is 4.79 Å². The summed E-state index contributed by atoms with van der Waals surface area (Å²) in [7, 11) is 0. The lowest BCUT2D eigenvalue weighted by atomic mass is 9.80. The number of fused-ring (bicyclic) bond motifs is 2. The van der Waals surface area contributed by atoms with Gasteiger partial charge in [0.1, 0.15) is 22.9 Å². The first-order chi connectivity index (χ1) is 17.6. The third kappa shape index (κ3) is 4.00. The minimum Gasteiger partial charge on any atom is -0.382 e. The van der Waals surface area contributed by atoms with Crippen molar-refractivity contribution in [2.24, 2.45) is 5.92 Å². The van der Waals surface area contributed by atoms with Gasteiger partial charge >= 0.3 is 0 Å². The summed E-state index contributed by atoms with van der Waals surface area (Å²) < 4.78 is 2.07. The fourth-order valence-corrected chi connectivity index (χ4v) is 5.58. The first kappa shape index (κ1) is 22.3. The lowest BCUT2D eigenvalue weighted by Gasteiger charge is -2.29. The van der Waals surface area contributed by atoms with Crippen LogP contribution in [0.2, 0.25) is 0 Å². The molecule has 0 spiro atoms. The van der Waals surface area contributed by atoms with Crippen molar-refractivity contribution >= 4 is 28.1 Å². The number of rotatable bonds is 5. The van der Waals surface area contributed by atoms with Gasteiger partial charge < -0.3 is 16.0 Å². The SMILES string of the molecule is C[C@H](NC(=O)C1CCCC(c2nc(-c3cc4ccccc4[nH]3)c3c(N)nccn23)C1)c1ccccc1. The largest absolute Gasteiger partial charge is 0.382 e. The molecule has 0 bridgehead atoms. The molecular formula is C29H30N6O. The number of carbonyl (C=O) groups excluding carboxylic acids is 1. The van der Waals surface area contributed by atoms with Crippen LogP contribution in [-0.4, -0.2) is 25.3 Å². The fraction of sp³-hybridized carbons (Fsp3) is 0.276. The number of hydrogen-bond donors (Lipinski definition) is 3. The van der Waals surface area contributed by atoms with Crippen molar-refractivity contribution in [3.8, 4) is 11.4 Å². The van der Waals surface area contributed by atoms with Gasteiger partial charge in [0.2, 0.25) is 5.91 Å². The molecule has 182 valence electrons. The van der Waals surface area contributed by atoms with Crippen molar-refractivity contribution in [2.75, 3.05) is 5.73 Å². The van der Waals surface area contributed by atoms with E-state index in [2.05, 4.69) is 50.0 Å². The van der Waals surface area contributed by atoms with E-state index in [-0.39, 0.29) is 23.8 Å². The summed E-state index contributed by atoms with van der Waals surface area (Å²) >= 11 is 0. The van der Waals surface area contributed by atoms with E-state index in [1.807, 2.05) is 43.5 Å². The first-order valence-electron chi connectivity index (χ1n) is 12.6. The van der Waals surface area contributed by atoms with E-state index in [0.29, 0.717) is 5.82 Å². The van der Waals surface area contributed by atoms with Crippen molar-refractivity contribution in [1.29, 1.82) is 0 Å². The molecule has 5 aromatic rings. The van der Waals surface area contributed by atoms with Crippen molar-refractivity contribution in [1.82, 2.24) is 24.7 Å². The first-order valence-corrected chi connectivity index (χ1v) is 12.6. The smallest absolute Gasteiger partial charge is 0.223 e. The Hall–Kier alpha value is -4.13. The van der Waals surface area contributed by atoms with Crippen LogP contribution >= 0.6 is 0 Å². The maximum atomic E-state index is 13.2. The number of nitrogens with one attached hydrogen (secondary N) is 2. The van der Waals surface area contributed by atoms with Gasteiger partial charge in [0.15, 0.2) is 0 Å². The molecule has 1 aliphatic rings. The van der Waals surface area contributed by atoms with Gasteiger partial charge in [-0.1, -0.05) is 55.0 Å². The summed E-state index contributed by atoms with van der Waals surface area (Å²) in [4.78, 5) is 26.2. The van der Waals surface area contributed by atoms with Crippen molar-refractivity contribution in [3.05, 3.63) is 84.4 Å². The zero-order valence-corrected chi connectivity index (χ0v) is 20.3. The zero-order valence-electron chi connectivity index (χ0n) is 20.3. The Morgan fingerprint density at radius 1 is 1.14 bits per heavy atom. The second-order valence-corrected chi connectivity index (χ2v) is 9.82. The highest BCUT2D eigenvalue weighted by atomic mass is 16.1. The summed E-state index contributed by atoms with van der Waals surface area (Å²) in [6, 6.07) is 20.4. The molecule has 36 heavy (non-hydrogen) atoms. The van der Waals surface area contributed by atoms with Gasteiger partial charge in [0.25, 0.3) is 0 Å². The third-order valence-corrected chi connectivity index (χ3v) is 7.46. The van der Waals surface area contributed by atoms with Crippen LogP contribution < -0.4 is 11.1 Å². The van der Waals surface area contributed by atoms with Crippen LogP contribution in [0.4, 0.5) is 5.82 Å². The molecule has 1 amide bonds. The van der Waals surface area contributed by atoms with Crippen molar-refractivity contribution in [3.63, 3.8) is 0 Å². The van der Waals surface area contributed by atoms with Gasteiger partial charge in [-0.05, 0) is 43.9 Å². The number of imidazole rings is 1. The average molecular weight is 479 g/mol. The Balaban J connectivity index is 1.31. The molecule has 0 saturated heterocycles. The van der Waals surface area contributed by atoms with Crippen LogP contribution in [0.3, 0.4) is 0 Å². The molecule has 1 saturated carbocycles. The van der Waals surface area contributed by atoms with Crippen molar-refractivity contribution in [2.45, 2.75) is 44.6 Å². The molecule has 7 nitrogen and oxygen atoms in total. The van der Waals surface area contributed by atoms with Gasteiger partial charge in [-0.3, -0.25) is 9.20 Å². The van der Waals surface area contributed by atoms with Gasteiger partial charge in [0.05, 0.1) is 11.7 Å². The minimum absolute atomic E-state index is 0.0224. The number of nitrogen functional groups attached to an aromatic ring is 1. The summed E-state index contributed by atoms with van der Waals surface area (Å²) in [5, 5.41) is 4.35. The van der Waals surface area contributed by atoms with Crippen LogP contribution in [-0.2, 0) is 4.79 Å². The summed E-state index contributed by atoms with van der Waals surface area (Å²) in [6.07, 6.45) is 7.29. The number of hydrogen-bond acceptors (Lipinski definition) is 4. The molecule has 1 fully saturated rings. The number of benzene rings is 2. The van der Waals surface area contributed by atoms with Gasteiger partial charge in [-0.15, -0.1) is 0 Å². The molecule has 0 radical (unpaired) electrons. The van der Waals surface area contributed by atoms with Crippen LogP contribution in [0.15, 0.2) is 73.1 Å². The summed E-state index contributed by atoms with van der Waals surface area (Å²) in [6.45, 7) is 2.04. The highest BCUT2D eigenvalue weighted by Gasteiger charge is 2.32. The molecule has 3 heterocycles. The number of anilines is 1. The number of para-hydroxylation sites is 1. The standard InChI is InChI=1S/C29H30N6O/c1-18(19-8-3-2-4-9-19)32-29(36)22-12-7-11-21(16-22)28-34-25(26-27(30)31-14-15-35(26)28)24-17-20-10-5-6-13-23(20)33-24/h2-6,8-10,13-15,17-18,21-22,33H,7,11-12,16H2,1H3,(H2,30,31)(H,32,36)/t18-,21?,22?/m0/s1. The lowest BCUT2D eigenvalue weighted by molar-refractivity contribution is -0.126. The average Bonchev–Trinajstić information content (AvgIpc) is 3.52. The van der Waals surface area contributed by atoms with E-state index in [0.717, 1.165) is 64.9 Å². The van der Waals surface area contributed by atoms with E-state index in [1.165, 1.54) is 0 Å². The van der Waals surface area contributed by atoms with Gasteiger partial charge in [-0.2, -0.15) is 0 Å². The van der Waals surface area contributed by atoms with Crippen molar-refractivity contribution < 1.29 is 4.79 Å². The molecule has 0 aliphatic heterocycles. The quantitative estimate of drug-likeness (QED) is 0.306. The normalized spacial score (nSPS) is 18.9. The van der Waals surface area contributed by atoms with Crippen LogP contribution in [0.5, 0.6) is 0 Å². The number of carbonyl (C=O) groups is 1. The number of nitrogens with zero attached hydrogens (tertiary/aromatic N) is 3. The molecule has 1 aliphatic carbocycles. The topological polar surface area (TPSA) is 101 Å². The Morgan fingerprint density at radius 2 is 1.94 bits per heavy atom. The number of amides is 1. The van der Waals surface area contributed by atoms with E-state index >= 15 is 0 Å². The maximum Gasteiger partial charge on any atom is 0.223 e. The fourth-order valence-electron chi connectivity index (χ4n) is 5.58. The monoisotopic (exact) mass is 478 g/mol. The van der Waals surface area contributed by atoms with E-state index in [1.54, 1.807) is 6.20 Å². The number of aromatic nitrogens is 4. The van der Waals surface area contributed by atoms with Crippen LogP contribution in [0.25, 0.3) is 27.8 Å². The molecule has 4 N–H and O–H groups in total. The predicted octanol–water partition coefficient (Wildman–Crippen LogP) is 5.61. The Kier molecular flexibility index (Phi) is 5.68. The van der Waals surface area contributed by atoms with E-state index in [4.69, 9.17) is 10.7 Å².